The number of methoxy groups -OCH3 is 1. The van der Waals surface area contributed by atoms with Crippen LogP contribution < -0.4 is 10.6 Å². The average Bonchev–Trinajstić information content (AvgIpc) is 2.54. The first kappa shape index (κ1) is 18.6. The highest BCUT2D eigenvalue weighted by Gasteiger charge is 2.28. The Morgan fingerprint density at radius 2 is 2.23 bits per heavy atom. The van der Waals surface area contributed by atoms with Crippen molar-refractivity contribution >= 4 is 24.1 Å². The Morgan fingerprint density at radius 3 is 2.77 bits per heavy atom. The highest BCUT2D eigenvalue weighted by atomic mass is 35.5. The second-order valence-corrected chi connectivity index (χ2v) is 5.31. The summed E-state index contributed by atoms with van der Waals surface area (Å²) >= 11 is 0. The van der Waals surface area contributed by atoms with Gasteiger partial charge in [0, 0.05) is 39.5 Å². The fraction of sp³-hybridized carbons (Fsp3) is 0.643. The summed E-state index contributed by atoms with van der Waals surface area (Å²) < 4.78 is 4.94. The van der Waals surface area contributed by atoms with Gasteiger partial charge in [-0.05, 0) is 25.0 Å². The number of anilines is 1. The third-order valence-corrected chi connectivity index (χ3v) is 3.91. The fourth-order valence-corrected chi connectivity index (χ4v) is 2.63. The van der Waals surface area contributed by atoms with Gasteiger partial charge in [0.15, 0.2) is 5.82 Å². The molecule has 2 N–H and O–H groups in total. The van der Waals surface area contributed by atoms with Gasteiger partial charge in [-0.3, -0.25) is 4.79 Å². The van der Waals surface area contributed by atoms with Gasteiger partial charge in [-0.1, -0.05) is 0 Å². The van der Waals surface area contributed by atoms with Crippen molar-refractivity contribution in [1.29, 1.82) is 0 Å². The van der Waals surface area contributed by atoms with Crippen LogP contribution in [0.3, 0.4) is 0 Å². The van der Waals surface area contributed by atoms with Gasteiger partial charge in [0.2, 0.25) is 5.91 Å². The van der Waals surface area contributed by atoms with Crippen LogP contribution in [0.1, 0.15) is 12.8 Å². The number of aromatic nitrogens is 2. The minimum absolute atomic E-state index is 0. The molecule has 1 saturated heterocycles. The first-order valence-corrected chi connectivity index (χ1v) is 7.17. The maximum atomic E-state index is 12.1. The van der Waals surface area contributed by atoms with Gasteiger partial charge in [0.25, 0.3) is 0 Å². The lowest BCUT2D eigenvalue weighted by molar-refractivity contribution is -0.134. The molecule has 0 aromatic carbocycles. The van der Waals surface area contributed by atoms with Crippen LogP contribution in [0.5, 0.6) is 0 Å². The van der Waals surface area contributed by atoms with Crippen LogP contribution >= 0.6 is 12.4 Å². The van der Waals surface area contributed by atoms with Gasteiger partial charge in [0.1, 0.15) is 6.04 Å². The Morgan fingerprint density at radius 1 is 1.55 bits per heavy atom. The van der Waals surface area contributed by atoms with E-state index in [1.807, 2.05) is 24.1 Å². The van der Waals surface area contributed by atoms with Crippen LogP contribution in [-0.2, 0) is 9.53 Å². The number of ether oxygens (including phenoxy) is 1. The zero-order valence-electron chi connectivity index (χ0n) is 13.0. The van der Waals surface area contributed by atoms with Crippen molar-refractivity contribution < 1.29 is 9.53 Å². The Bertz CT molecular complexity index is 454. The van der Waals surface area contributed by atoms with Crippen molar-refractivity contribution in [3.8, 4) is 0 Å². The zero-order chi connectivity index (χ0) is 15.2. The molecule has 1 aliphatic heterocycles. The van der Waals surface area contributed by atoms with Crippen molar-refractivity contribution in [1.82, 2.24) is 15.1 Å². The summed E-state index contributed by atoms with van der Waals surface area (Å²) in [4.78, 5) is 16.1. The van der Waals surface area contributed by atoms with Crippen LogP contribution in [0.25, 0.3) is 0 Å². The standard InChI is InChI=1S/C14H23N5O2.ClH/c1-18(13-4-3-7-16-17-13)11-5-8-19(9-6-11)14(20)12(15)10-21-2;/h3-4,7,11-12H,5-6,8-10,15H2,1-2H3;1H. The first-order chi connectivity index (χ1) is 10.1. The number of hydrogen-bond acceptors (Lipinski definition) is 6. The molecule has 0 aliphatic carbocycles. The molecule has 2 rings (SSSR count). The van der Waals surface area contributed by atoms with Crippen LogP contribution in [0.4, 0.5) is 5.82 Å². The summed E-state index contributed by atoms with van der Waals surface area (Å²) in [5.74, 6) is 0.829. The van der Waals surface area contributed by atoms with E-state index in [0.717, 1.165) is 18.7 Å². The summed E-state index contributed by atoms with van der Waals surface area (Å²) in [7, 11) is 3.57. The van der Waals surface area contributed by atoms with E-state index in [2.05, 4.69) is 15.1 Å². The molecule has 0 saturated carbocycles. The molecule has 1 amide bonds. The van der Waals surface area contributed by atoms with Gasteiger partial charge in [-0.2, -0.15) is 5.10 Å². The minimum Gasteiger partial charge on any atom is -0.383 e. The number of carbonyl (C=O) groups excluding carboxylic acids is 1. The van der Waals surface area contributed by atoms with Crippen LogP contribution in [0.2, 0.25) is 0 Å². The van der Waals surface area contributed by atoms with E-state index in [-0.39, 0.29) is 24.9 Å². The number of nitrogens with zero attached hydrogens (tertiary/aromatic N) is 4. The van der Waals surface area contributed by atoms with Crippen molar-refractivity contribution in [2.45, 2.75) is 24.9 Å². The topological polar surface area (TPSA) is 84.6 Å². The molecule has 1 fully saturated rings. The maximum absolute atomic E-state index is 12.1. The fourth-order valence-electron chi connectivity index (χ4n) is 2.63. The van der Waals surface area contributed by atoms with Gasteiger partial charge >= 0.3 is 0 Å². The van der Waals surface area contributed by atoms with Gasteiger partial charge < -0.3 is 20.3 Å². The highest BCUT2D eigenvalue weighted by molar-refractivity contribution is 5.85. The second-order valence-electron chi connectivity index (χ2n) is 5.31. The molecular weight excluding hydrogens is 306 g/mol. The van der Waals surface area contributed by atoms with Crippen molar-refractivity contribution in [2.24, 2.45) is 5.73 Å². The van der Waals surface area contributed by atoms with Crippen LogP contribution in [0, 0.1) is 0 Å². The molecule has 8 heteroatoms. The van der Waals surface area contributed by atoms with Crippen molar-refractivity contribution in [2.75, 3.05) is 38.8 Å². The number of likely N-dealkylation sites (tertiary alicyclic amines) is 1. The van der Waals surface area contributed by atoms with Crippen LogP contribution in [0.15, 0.2) is 18.3 Å². The normalized spacial score (nSPS) is 16.8. The molecule has 2 heterocycles. The number of amides is 1. The summed E-state index contributed by atoms with van der Waals surface area (Å²) in [5, 5.41) is 8.02. The van der Waals surface area contributed by atoms with Gasteiger partial charge in [-0.15, -0.1) is 17.5 Å². The second kappa shape index (κ2) is 8.87. The zero-order valence-corrected chi connectivity index (χ0v) is 13.8. The number of piperidine rings is 1. The Labute approximate surface area is 137 Å². The summed E-state index contributed by atoms with van der Waals surface area (Å²) in [6, 6.07) is 3.62. The molecule has 22 heavy (non-hydrogen) atoms. The van der Waals surface area contributed by atoms with E-state index in [9.17, 15) is 4.79 Å². The highest BCUT2D eigenvalue weighted by Crippen LogP contribution is 2.20. The van der Waals surface area contributed by atoms with E-state index in [1.165, 1.54) is 0 Å². The SMILES string of the molecule is COCC(N)C(=O)N1CCC(N(C)c2cccnn2)CC1.Cl. The Balaban J connectivity index is 0.00000242. The quantitative estimate of drug-likeness (QED) is 0.836. The molecule has 0 spiro atoms. The molecule has 0 bridgehead atoms. The smallest absolute Gasteiger partial charge is 0.241 e. The summed E-state index contributed by atoms with van der Waals surface area (Å²) in [6.45, 7) is 1.69. The lowest BCUT2D eigenvalue weighted by atomic mass is 10.0. The molecule has 1 unspecified atom stereocenters. The van der Waals surface area contributed by atoms with E-state index in [0.29, 0.717) is 19.1 Å². The van der Waals surface area contributed by atoms with E-state index < -0.39 is 6.04 Å². The first-order valence-electron chi connectivity index (χ1n) is 7.17. The van der Waals surface area contributed by atoms with Gasteiger partial charge in [-0.25, -0.2) is 0 Å². The molecule has 0 radical (unpaired) electrons. The third-order valence-electron chi connectivity index (χ3n) is 3.91. The number of nitrogens with two attached hydrogens (primary N) is 1. The molecule has 7 nitrogen and oxygen atoms in total. The van der Waals surface area contributed by atoms with Crippen molar-refractivity contribution in [3.63, 3.8) is 0 Å². The number of carbonyl (C=O) groups is 1. The lowest BCUT2D eigenvalue weighted by Crippen LogP contribution is -2.51. The van der Waals surface area contributed by atoms with E-state index in [1.54, 1.807) is 13.3 Å². The maximum Gasteiger partial charge on any atom is 0.241 e. The van der Waals surface area contributed by atoms with E-state index >= 15 is 0 Å². The van der Waals surface area contributed by atoms with E-state index in [4.69, 9.17) is 10.5 Å². The van der Waals surface area contributed by atoms with Crippen molar-refractivity contribution in [3.05, 3.63) is 18.3 Å². The molecular formula is C14H24ClN5O2. The molecule has 124 valence electrons. The number of rotatable bonds is 5. The number of halogens is 1. The molecule has 1 aromatic heterocycles. The van der Waals surface area contributed by atoms with Crippen LogP contribution in [-0.4, -0.2) is 66.9 Å². The predicted octanol–water partition coefficient (Wildman–Crippen LogP) is 0.299. The summed E-state index contributed by atoms with van der Waals surface area (Å²) in [5.41, 5.74) is 5.80. The Hall–Kier alpha value is -1.44. The summed E-state index contributed by atoms with van der Waals surface area (Å²) in [6.07, 6.45) is 3.47. The lowest BCUT2D eigenvalue weighted by Gasteiger charge is -2.37. The average molecular weight is 330 g/mol. The minimum atomic E-state index is -0.565. The monoisotopic (exact) mass is 329 g/mol. The molecule has 1 atom stereocenters. The third kappa shape index (κ3) is 4.53. The Kier molecular flexibility index (Phi) is 7.50. The number of hydrogen-bond donors (Lipinski definition) is 1. The molecule has 1 aromatic rings. The predicted molar refractivity (Wildman–Crippen MR) is 87.1 cm³/mol. The van der Waals surface area contributed by atoms with Gasteiger partial charge in [0.05, 0.1) is 6.61 Å². The molecule has 1 aliphatic rings. The largest absolute Gasteiger partial charge is 0.383 e.